The molecule has 27 heavy (non-hydrogen) atoms. The number of nitro groups is 1. The molecule has 0 amide bonds. The Balaban J connectivity index is 2.56. The van der Waals surface area contributed by atoms with Gasteiger partial charge < -0.3 is 18.9 Å². The largest absolute Gasteiger partial charge is 0.496 e. The van der Waals surface area contributed by atoms with Gasteiger partial charge >= 0.3 is 11.7 Å². The molecule has 2 aromatic rings. The lowest BCUT2D eigenvalue weighted by molar-refractivity contribution is -0.385. The molecule has 0 fully saturated rings. The standard InChI is InChI=1S/C17H13IN2O7/c1-24-10-6-13(25-2)15(14(7-10)26-3)17(21)27-16-11(18)4-9(8-19)5-12(16)20(22)23/h4-7H,1-3H3. The van der Waals surface area contributed by atoms with Crippen molar-refractivity contribution in [1.82, 2.24) is 0 Å². The highest BCUT2D eigenvalue weighted by Gasteiger charge is 2.27. The number of hydrogen-bond acceptors (Lipinski definition) is 8. The van der Waals surface area contributed by atoms with Crippen LogP contribution < -0.4 is 18.9 Å². The van der Waals surface area contributed by atoms with Crippen LogP contribution in [0, 0.1) is 25.0 Å². The smallest absolute Gasteiger partial charge is 0.351 e. The minimum absolute atomic E-state index is 0.0599. The van der Waals surface area contributed by atoms with Crippen LogP contribution in [0.1, 0.15) is 15.9 Å². The topological polar surface area (TPSA) is 121 Å². The Morgan fingerprint density at radius 3 is 2.15 bits per heavy atom. The van der Waals surface area contributed by atoms with E-state index in [1.165, 1.54) is 39.5 Å². The summed E-state index contributed by atoms with van der Waals surface area (Å²) < 4.78 is 21.0. The molecule has 0 radical (unpaired) electrons. The van der Waals surface area contributed by atoms with E-state index in [9.17, 15) is 14.9 Å². The molecule has 0 bridgehead atoms. The van der Waals surface area contributed by atoms with Gasteiger partial charge in [-0.2, -0.15) is 5.26 Å². The summed E-state index contributed by atoms with van der Waals surface area (Å²) in [6.07, 6.45) is 0. The third kappa shape index (κ3) is 4.20. The molecule has 0 spiro atoms. The van der Waals surface area contributed by atoms with Crippen molar-refractivity contribution in [1.29, 1.82) is 5.26 Å². The molecular formula is C17H13IN2O7. The summed E-state index contributed by atoms with van der Waals surface area (Å²) >= 11 is 1.75. The number of hydrogen-bond donors (Lipinski definition) is 0. The highest BCUT2D eigenvalue weighted by molar-refractivity contribution is 14.1. The van der Waals surface area contributed by atoms with Crippen LogP contribution in [0.15, 0.2) is 24.3 Å². The SMILES string of the molecule is COc1cc(OC)c(C(=O)Oc2c(I)cc(C#N)cc2[N+](=O)[O-])c(OC)c1. The Morgan fingerprint density at radius 2 is 1.70 bits per heavy atom. The summed E-state index contributed by atoms with van der Waals surface area (Å²) in [4.78, 5) is 23.3. The van der Waals surface area contributed by atoms with Crippen molar-refractivity contribution in [2.75, 3.05) is 21.3 Å². The Bertz CT molecular complexity index is 928. The summed E-state index contributed by atoms with van der Waals surface area (Å²) in [6, 6.07) is 7.14. The molecule has 0 N–H and O–H groups in total. The fourth-order valence-electron chi connectivity index (χ4n) is 2.23. The van der Waals surface area contributed by atoms with Crippen molar-refractivity contribution in [2.24, 2.45) is 0 Å². The fraction of sp³-hybridized carbons (Fsp3) is 0.176. The Hall–Kier alpha value is -3.07. The third-order valence-electron chi connectivity index (χ3n) is 3.46. The number of halogens is 1. The highest BCUT2D eigenvalue weighted by atomic mass is 127. The van der Waals surface area contributed by atoms with E-state index in [0.717, 1.165) is 6.07 Å². The monoisotopic (exact) mass is 484 g/mol. The Morgan fingerprint density at radius 1 is 1.11 bits per heavy atom. The predicted molar refractivity (Wildman–Crippen MR) is 102 cm³/mol. The number of ether oxygens (including phenoxy) is 4. The fourth-order valence-corrected chi connectivity index (χ4v) is 2.95. The summed E-state index contributed by atoms with van der Waals surface area (Å²) in [5.41, 5.74) is -0.487. The van der Waals surface area contributed by atoms with Gasteiger partial charge in [0, 0.05) is 18.2 Å². The van der Waals surface area contributed by atoms with E-state index in [-0.39, 0.29) is 31.9 Å². The number of carbonyl (C=O) groups is 1. The minimum Gasteiger partial charge on any atom is -0.496 e. The molecule has 9 nitrogen and oxygen atoms in total. The lowest BCUT2D eigenvalue weighted by Gasteiger charge is -2.14. The van der Waals surface area contributed by atoms with Gasteiger partial charge in [0.25, 0.3) is 0 Å². The first-order valence-electron chi connectivity index (χ1n) is 7.26. The second-order valence-corrected chi connectivity index (χ2v) is 6.13. The van der Waals surface area contributed by atoms with Crippen LogP contribution in [0.5, 0.6) is 23.0 Å². The third-order valence-corrected chi connectivity index (χ3v) is 4.27. The van der Waals surface area contributed by atoms with E-state index in [1.54, 1.807) is 22.6 Å². The van der Waals surface area contributed by atoms with Crippen LogP contribution in [-0.2, 0) is 0 Å². The normalized spacial score (nSPS) is 9.89. The average molecular weight is 484 g/mol. The molecule has 0 saturated heterocycles. The molecule has 0 heterocycles. The van der Waals surface area contributed by atoms with Crippen molar-refractivity contribution in [3.8, 4) is 29.1 Å². The molecule has 0 aliphatic heterocycles. The van der Waals surface area contributed by atoms with Crippen LogP contribution in [0.2, 0.25) is 0 Å². The molecule has 0 unspecified atom stereocenters. The van der Waals surface area contributed by atoms with Crippen LogP contribution in [-0.4, -0.2) is 32.2 Å². The van der Waals surface area contributed by atoms with Gasteiger partial charge in [-0.1, -0.05) is 0 Å². The summed E-state index contributed by atoms with van der Waals surface area (Å²) in [5, 5.41) is 20.3. The van der Waals surface area contributed by atoms with Crippen molar-refractivity contribution < 1.29 is 28.7 Å². The number of nitro benzene ring substituents is 1. The van der Waals surface area contributed by atoms with Gasteiger partial charge in [-0.15, -0.1) is 0 Å². The van der Waals surface area contributed by atoms with Crippen molar-refractivity contribution in [3.05, 3.63) is 49.1 Å². The zero-order valence-electron chi connectivity index (χ0n) is 14.4. The number of methoxy groups -OCH3 is 3. The van der Waals surface area contributed by atoms with Gasteiger partial charge in [0.1, 0.15) is 22.8 Å². The molecule has 0 atom stereocenters. The van der Waals surface area contributed by atoms with E-state index in [1.807, 2.05) is 6.07 Å². The van der Waals surface area contributed by atoms with Crippen LogP contribution in [0.25, 0.3) is 0 Å². The van der Waals surface area contributed by atoms with Gasteiger partial charge in [-0.3, -0.25) is 10.1 Å². The van der Waals surface area contributed by atoms with Crippen molar-refractivity contribution >= 4 is 34.2 Å². The molecule has 0 aromatic heterocycles. The highest BCUT2D eigenvalue weighted by Crippen LogP contribution is 2.38. The Labute approximate surface area is 167 Å². The molecule has 2 aromatic carbocycles. The molecule has 0 saturated carbocycles. The number of nitrogens with zero attached hydrogens (tertiary/aromatic N) is 2. The quantitative estimate of drug-likeness (QED) is 0.201. The van der Waals surface area contributed by atoms with Crippen LogP contribution >= 0.6 is 22.6 Å². The van der Waals surface area contributed by atoms with Crippen LogP contribution in [0.4, 0.5) is 5.69 Å². The van der Waals surface area contributed by atoms with E-state index in [2.05, 4.69) is 0 Å². The van der Waals surface area contributed by atoms with Gasteiger partial charge in [-0.05, 0) is 28.7 Å². The maximum atomic E-state index is 12.7. The first-order valence-corrected chi connectivity index (χ1v) is 8.34. The van der Waals surface area contributed by atoms with E-state index in [4.69, 9.17) is 24.2 Å². The maximum Gasteiger partial charge on any atom is 0.351 e. The lowest BCUT2D eigenvalue weighted by atomic mass is 10.1. The number of carbonyl (C=O) groups excluding carboxylic acids is 1. The first kappa shape index (κ1) is 20.2. The number of esters is 1. The number of rotatable bonds is 6. The molecule has 10 heteroatoms. The molecule has 2 rings (SSSR count). The summed E-state index contributed by atoms with van der Waals surface area (Å²) in [6.45, 7) is 0. The van der Waals surface area contributed by atoms with Gasteiger partial charge in [0.05, 0.1) is 41.5 Å². The number of benzene rings is 2. The minimum atomic E-state index is -0.919. The van der Waals surface area contributed by atoms with Crippen LogP contribution in [0.3, 0.4) is 0 Å². The molecule has 0 aliphatic carbocycles. The molecule has 140 valence electrons. The predicted octanol–water partition coefficient (Wildman–Crippen LogP) is 3.32. The molecule has 0 aliphatic rings. The first-order chi connectivity index (χ1) is 12.9. The molecular weight excluding hydrogens is 471 g/mol. The maximum absolute atomic E-state index is 12.7. The van der Waals surface area contributed by atoms with E-state index < -0.39 is 16.6 Å². The zero-order valence-corrected chi connectivity index (χ0v) is 16.6. The van der Waals surface area contributed by atoms with Gasteiger partial charge in [0.15, 0.2) is 0 Å². The number of nitriles is 1. The second-order valence-electron chi connectivity index (χ2n) is 4.97. The summed E-state index contributed by atoms with van der Waals surface area (Å²) in [5.74, 6) is -0.578. The lowest BCUT2D eigenvalue weighted by Crippen LogP contribution is -2.14. The second kappa shape index (κ2) is 8.54. The average Bonchev–Trinajstić information content (AvgIpc) is 2.67. The Kier molecular flexibility index (Phi) is 6.40. The van der Waals surface area contributed by atoms with E-state index in [0.29, 0.717) is 5.75 Å². The van der Waals surface area contributed by atoms with Gasteiger partial charge in [-0.25, -0.2) is 4.79 Å². The van der Waals surface area contributed by atoms with E-state index >= 15 is 0 Å². The van der Waals surface area contributed by atoms with Crippen molar-refractivity contribution in [2.45, 2.75) is 0 Å². The summed E-state index contributed by atoms with van der Waals surface area (Å²) in [7, 11) is 4.13. The van der Waals surface area contributed by atoms with Crippen molar-refractivity contribution in [3.63, 3.8) is 0 Å². The van der Waals surface area contributed by atoms with Gasteiger partial charge in [0.2, 0.25) is 5.75 Å². The zero-order chi connectivity index (χ0) is 20.1.